The number of piperazine rings is 1. The Morgan fingerprint density at radius 3 is 2.49 bits per heavy atom. The van der Waals surface area contributed by atoms with Gasteiger partial charge in [0.15, 0.2) is 0 Å². The molecule has 2 bridgehead atoms. The zero-order valence-corrected chi connectivity index (χ0v) is 22.0. The maximum Gasteiger partial charge on any atom is 0.410 e. The van der Waals surface area contributed by atoms with Crippen molar-refractivity contribution in [1.82, 2.24) is 15.2 Å². The largest absolute Gasteiger partial charge is 0.444 e. The van der Waals surface area contributed by atoms with Gasteiger partial charge < -0.3 is 15.0 Å². The Kier molecular flexibility index (Phi) is 5.44. The molecule has 4 fully saturated rings. The molecule has 1 saturated carbocycles. The summed E-state index contributed by atoms with van der Waals surface area (Å²) in [4.78, 5) is 34.9. The minimum absolute atomic E-state index is 0.0460. The minimum atomic E-state index is -0.499. The topological polar surface area (TPSA) is 74.8 Å². The van der Waals surface area contributed by atoms with Crippen LogP contribution in [0.3, 0.4) is 0 Å². The molecule has 0 radical (unpaired) electrons. The van der Waals surface area contributed by atoms with Crippen molar-refractivity contribution in [3.8, 4) is 0 Å². The van der Waals surface area contributed by atoms with E-state index in [9.17, 15) is 9.59 Å². The molecular formula is C30H34N4O3. The third-order valence-corrected chi connectivity index (χ3v) is 7.90. The number of piperidine rings is 1. The summed E-state index contributed by atoms with van der Waals surface area (Å²) >= 11 is 0. The van der Waals surface area contributed by atoms with Crippen LogP contribution in [-0.2, 0) is 10.3 Å². The van der Waals surface area contributed by atoms with Crippen molar-refractivity contribution in [2.75, 3.05) is 18.0 Å². The number of aryl methyl sites for hydroxylation is 1. The maximum absolute atomic E-state index is 13.6. The van der Waals surface area contributed by atoms with E-state index in [-0.39, 0.29) is 29.6 Å². The van der Waals surface area contributed by atoms with Crippen LogP contribution in [0, 0.1) is 6.92 Å². The normalized spacial score (nSPS) is 21.8. The van der Waals surface area contributed by atoms with Gasteiger partial charge in [0.25, 0.3) is 5.91 Å². The fourth-order valence-electron chi connectivity index (χ4n) is 5.87. The zero-order chi connectivity index (χ0) is 25.9. The van der Waals surface area contributed by atoms with Gasteiger partial charge in [0.2, 0.25) is 0 Å². The van der Waals surface area contributed by atoms with E-state index in [0.717, 1.165) is 60.1 Å². The maximum atomic E-state index is 13.6. The third kappa shape index (κ3) is 4.30. The molecule has 7 heteroatoms. The number of ether oxygens (including phenoxy) is 1. The first kappa shape index (κ1) is 23.8. The molecule has 3 aliphatic heterocycles. The van der Waals surface area contributed by atoms with Gasteiger partial charge >= 0.3 is 6.09 Å². The van der Waals surface area contributed by atoms with Crippen LogP contribution in [-0.4, -0.2) is 52.7 Å². The number of rotatable bonds is 4. The second-order valence-corrected chi connectivity index (χ2v) is 11.7. The lowest BCUT2D eigenvalue weighted by molar-refractivity contribution is -0.0379. The van der Waals surface area contributed by atoms with Gasteiger partial charge in [0.1, 0.15) is 5.60 Å². The van der Waals surface area contributed by atoms with Crippen molar-refractivity contribution in [3.05, 3.63) is 71.4 Å². The molecule has 1 N–H and O–H groups in total. The number of carbonyl (C=O) groups excluding carboxylic acids is 2. The predicted molar refractivity (Wildman–Crippen MR) is 144 cm³/mol. The first-order valence-electron chi connectivity index (χ1n) is 13.2. The molecule has 0 spiro atoms. The molecule has 3 saturated heterocycles. The average Bonchev–Trinajstić information content (AvgIpc) is 3.63. The number of hydrogen-bond donors (Lipinski definition) is 1. The number of aromatic nitrogens is 1. The summed E-state index contributed by atoms with van der Waals surface area (Å²) in [5.74, 6) is -0.0460. The van der Waals surface area contributed by atoms with Crippen LogP contribution in [0.25, 0.3) is 10.9 Å². The molecule has 1 aromatic heterocycles. The summed E-state index contributed by atoms with van der Waals surface area (Å²) in [6, 6.07) is 16.5. The molecule has 4 aliphatic rings. The van der Waals surface area contributed by atoms with E-state index < -0.39 is 5.60 Å². The SMILES string of the molecule is Cc1ccc(N2CC3CC(C2)N3C(=O)OC(C)(C)C)cc1C(=O)NC1(c2ccnc3ccccc23)CC1. The van der Waals surface area contributed by atoms with Crippen molar-refractivity contribution >= 4 is 28.6 Å². The van der Waals surface area contributed by atoms with Gasteiger partial charge in [-0.15, -0.1) is 0 Å². The standard InChI is InChI=1S/C30H34N4O3/c1-19-9-10-20(33-17-21-15-22(18-33)34(21)28(36)37-29(2,3)4)16-24(19)27(35)32-30(12-13-30)25-11-14-31-26-8-6-5-7-23(25)26/h5-11,14,16,21-22H,12-13,15,17-18H2,1-4H3,(H,32,35). The Morgan fingerprint density at radius 1 is 1.05 bits per heavy atom. The molecule has 1 aliphatic carbocycles. The summed E-state index contributed by atoms with van der Waals surface area (Å²) in [6.45, 7) is 9.16. The lowest BCUT2D eigenvalue weighted by atomic mass is 9.87. The molecule has 7 nitrogen and oxygen atoms in total. The van der Waals surface area contributed by atoms with Crippen molar-refractivity contribution in [2.45, 2.75) is 70.2 Å². The summed E-state index contributed by atoms with van der Waals surface area (Å²) in [7, 11) is 0. The highest BCUT2D eigenvalue weighted by Gasteiger charge is 2.49. The van der Waals surface area contributed by atoms with Crippen LogP contribution < -0.4 is 10.2 Å². The van der Waals surface area contributed by atoms with E-state index in [4.69, 9.17) is 4.74 Å². The number of nitrogens with zero attached hydrogens (tertiary/aromatic N) is 3. The number of carbonyl (C=O) groups is 2. The van der Waals surface area contributed by atoms with Gasteiger partial charge in [-0.1, -0.05) is 24.3 Å². The van der Waals surface area contributed by atoms with Gasteiger partial charge in [-0.2, -0.15) is 0 Å². The van der Waals surface area contributed by atoms with E-state index in [1.165, 1.54) is 0 Å². The molecule has 3 aromatic rings. The van der Waals surface area contributed by atoms with Gasteiger partial charge in [0.05, 0.1) is 23.1 Å². The van der Waals surface area contributed by atoms with Gasteiger partial charge in [-0.25, -0.2) is 4.79 Å². The van der Waals surface area contributed by atoms with Gasteiger partial charge in [-0.3, -0.25) is 14.7 Å². The number of pyridine rings is 1. The Hall–Kier alpha value is -3.61. The van der Waals surface area contributed by atoms with Crippen LogP contribution in [0.2, 0.25) is 0 Å². The lowest BCUT2D eigenvalue weighted by Gasteiger charge is -2.56. The summed E-state index contributed by atoms with van der Waals surface area (Å²) in [6.07, 6.45) is 4.44. The van der Waals surface area contributed by atoms with Crippen LogP contribution >= 0.6 is 0 Å². The minimum Gasteiger partial charge on any atom is -0.444 e. The van der Waals surface area contributed by atoms with E-state index in [1.807, 2.05) is 75.2 Å². The number of nitrogens with one attached hydrogen (secondary N) is 1. The smallest absolute Gasteiger partial charge is 0.410 e. The Balaban J connectivity index is 1.19. The number of benzene rings is 2. The Labute approximate surface area is 217 Å². The van der Waals surface area contributed by atoms with Crippen molar-refractivity contribution in [1.29, 1.82) is 0 Å². The second kappa shape index (κ2) is 8.47. The average molecular weight is 499 g/mol. The summed E-state index contributed by atoms with van der Waals surface area (Å²) in [5, 5.41) is 4.46. The second-order valence-electron chi connectivity index (χ2n) is 11.7. The zero-order valence-electron chi connectivity index (χ0n) is 22.0. The predicted octanol–water partition coefficient (Wildman–Crippen LogP) is 5.16. The van der Waals surface area contributed by atoms with Crippen molar-refractivity contribution in [3.63, 3.8) is 0 Å². The van der Waals surface area contributed by atoms with E-state index >= 15 is 0 Å². The third-order valence-electron chi connectivity index (χ3n) is 7.90. The molecule has 2 amide bonds. The molecule has 192 valence electrons. The molecule has 2 unspecified atom stereocenters. The number of hydrogen-bond acceptors (Lipinski definition) is 5. The molecule has 4 heterocycles. The molecule has 2 aromatic carbocycles. The van der Waals surface area contributed by atoms with Crippen LogP contribution in [0.4, 0.5) is 10.5 Å². The Bertz CT molecular complexity index is 1370. The number of fused-ring (bicyclic) bond motifs is 3. The highest BCUT2D eigenvalue weighted by Crippen LogP contribution is 2.48. The van der Waals surface area contributed by atoms with Crippen LogP contribution in [0.1, 0.15) is 61.5 Å². The molecule has 37 heavy (non-hydrogen) atoms. The fourth-order valence-corrected chi connectivity index (χ4v) is 5.87. The summed E-state index contributed by atoms with van der Waals surface area (Å²) in [5.41, 5.74) is 3.92. The first-order chi connectivity index (χ1) is 17.6. The molecular weight excluding hydrogens is 464 g/mol. The van der Waals surface area contributed by atoms with E-state index in [2.05, 4.69) is 27.3 Å². The Morgan fingerprint density at radius 2 is 1.78 bits per heavy atom. The van der Waals surface area contributed by atoms with Gasteiger partial charge in [-0.05, 0) is 82.3 Å². The summed E-state index contributed by atoms with van der Waals surface area (Å²) < 4.78 is 5.61. The number of amides is 2. The van der Waals surface area contributed by atoms with Gasteiger partial charge in [0, 0.05) is 35.9 Å². The quantitative estimate of drug-likeness (QED) is 0.538. The highest BCUT2D eigenvalue weighted by molar-refractivity contribution is 5.98. The highest BCUT2D eigenvalue weighted by atomic mass is 16.6. The molecule has 2 atom stereocenters. The van der Waals surface area contributed by atoms with Crippen molar-refractivity contribution in [2.24, 2.45) is 0 Å². The number of para-hydroxylation sites is 1. The van der Waals surface area contributed by atoms with E-state index in [1.54, 1.807) is 0 Å². The lowest BCUT2D eigenvalue weighted by Crippen LogP contribution is -2.70. The number of anilines is 1. The van der Waals surface area contributed by atoms with Crippen LogP contribution in [0.15, 0.2) is 54.7 Å². The van der Waals surface area contributed by atoms with Crippen molar-refractivity contribution < 1.29 is 14.3 Å². The fraction of sp³-hybridized carbons (Fsp3) is 0.433. The van der Waals surface area contributed by atoms with E-state index in [0.29, 0.717) is 5.56 Å². The first-order valence-corrected chi connectivity index (χ1v) is 13.2. The van der Waals surface area contributed by atoms with Crippen LogP contribution in [0.5, 0.6) is 0 Å². The monoisotopic (exact) mass is 498 g/mol. The molecule has 7 rings (SSSR count).